The van der Waals surface area contributed by atoms with Gasteiger partial charge < -0.3 is 15.4 Å². The largest absolute Gasteiger partial charge is 0.378 e. The standard InChI is InChI=1S/C19H19N5O/c1-19(2,25)7-5-13-9-16-14(10-22-13)15(12-3-4-12)11-24(16)17-6-8-21-18(20)23-17/h6,8-12,25H,3-4H2,1-2H3,(H2,20,21,23). The summed E-state index contributed by atoms with van der Waals surface area (Å²) in [4.78, 5) is 12.7. The topological polar surface area (TPSA) is 89.9 Å². The Labute approximate surface area is 145 Å². The van der Waals surface area contributed by atoms with Crippen molar-refractivity contribution >= 4 is 16.9 Å². The lowest BCUT2D eigenvalue weighted by atomic mass is 10.1. The lowest BCUT2D eigenvalue weighted by Crippen LogP contribution is -2.14. The highest BCUT2D eigenvalue weighted by Crippen LogP contribution is 2.44. The first-order valence-corrected chi connectivity index (χ1v) is 8.26. The van der Waals surface area contributed by atoms with E-state index >= 15 is 0 Å². The van der Waals surface area contributed by atoms with Gasteiger partial charge in [-0.15, -0.1) is 0 Å². The molecule has 3 aromatic rings. The van der Waals surface area contributed by atoms with Crippen LogP contribution in [0.2, 0.25) is 0 Å². The van der Waals surface area contributed by atoms with Gasteiger partial charge in [0.15, 0.2) is 0 Å². The molecule has 0 spiro atoms. The molecule has 0 aliphatic heterocycles. The number of rotatable bonds is 2. The number of aliphatic hydroxyl groups is 1. The Balaban J connectivity index is 1.90. The molecule has 0 aromatic carbocycles. The molecule has 1 fully saturated rings. The van der Waals surface area contributed by atoms with Crippen LogP contribution in [0.5, 0.6) is 0 Å². The second-order valence-electron chi connectivity index (χ2n) is 6.90. The Kier molecular flexibility index (Phi) is 3.48. The highest BCUT2D eigenvalue weighted by molar-refractivity contribution is 5.86. The van der Waals surface area contributed by atoms with Gasteiger partial charge in [-0.1, -0.05) is 5.92 Å². The van der Waals surface area contributed by atoms with E-state index in [0.717, 1.165) is 16.7 Å². The third-order valence-corrected chi connectivity index (χ3v) is 4.14. The molecule has 0 atom stereocenters. The highest BCUT2D eigenvalue weighted by Gasteiger charge is 2.28. The van der Waals surface area contributed by atoms with Crippen LogP contribution < -0.4 is 5.73 Å². The Bertz CT molecular complexity index is 1020. The average Bonchev–Trinajstić information content (AvgIpc) is 3.33. The van der Waals surface area contributed by atoms with Gasteiger partial charge in [0, 0.05) is 24.0 Å². The molecule has 4 rings (SSSR count). The number of nitrogens with zero attached hydrogens (tertiary/aromatic N) is 4. The van der Waals surface area contributed by atoms with E-state index in [1.807, 2.05) is 22.9 Å². The normalized spacial score (nSPS) is 14.4. The summed E-state index contributed by atoms with van der Waals surface area (Å²) < 4.78 is 2.01. The first-order valence-electron chi connectivity index (χ1n) is 8.26. The fourth-order valence-corrected chi connectivity index (χ4v) is 2.84. The van der Waals surface area contributed by atoms with E-state index in [2.05, 4.69) is 33.0 Å². The molecule has 0 radical (unpaired) electrons. The number of pyridine rings is 1. The minimum atomic E-state index is -1.06. The van der Waals surface area contributed by atoms with E-state index in [0.29, 0.717) is 11.6 Å². The molecule has 3 aromatic heterocycles. The van der Waals surface area contributed by atoms with E-state index in [1.165, 1.54) is 18.4 Å². The number of hydrogen-bond donors (Lipinski definition) is 2. The van der Waals surface area contributed by atoms with Crippen molar-refractivity contribution in [1.82, 2.24) is 19.5 Å². The fraction of sp³-hybridized carbons (Fsp3) is 0.316. The number of nitrogen functional groups attached to an aromatic ring is 1. The summed E-state index contributed by atoms with van der Waals surface area (Å²) in [5.41, 5.74) is 7.56. The first kappa shape index (κ1) is 15.6. The van der Waals surface area contributed by atoms with Gasteiger partial charge in [-0.2, -0.15) is 4.98 Å². The summed E-state index contributed by atoms with van der Waals surface area (Å²) in [5.74, 6) is 7.28. The zero-order chi connectivity index (χ0) is 17.6. The molecule has 1 saturated carbocycles. The molecule has 0 amide bonds. The number of fused-ring (bicyclic) bond motifs is 1. The van der Waals surface area contributed by atoms with Gasteiger partial charge in [0.05, 0.1) is 5.52 Å². The van der Waals surface area contributed by atoms with E-state index < -0.39 is 5.60 Å². The quantitative estimate of drug-likeness (QED) is 0.703. The molecular formula is C19H19N5O. The van der Waals surface area contributed by atoms with Gasteiger partial charge in [0.2, 0.25) is 5.95 Å². The molecule has 1 aliphatic rings. The van der Waals surface area contributed by atoms with Crippen LogP contribution in [0, 0.1) is 11.8 Å². The molecule has 25 heavy (non-hydrogen) atoms. The number of hydrogen-bond acceptors (Lipinski definition) is 5. The zero-order valence-electron chi connectivity index (χ0n) is 14.2. The summed E-state index contributed by atoms with van der Waals surface area (Å²) in [6.07, 6.45) is 8.02. The number of anilines is 1. The van der Waals surface area contributed by atoms with Crippen LogP contribution in [0.25, 0.3) is 16.7 Å². The van der Waals surface area contributed by atoms with Crippen LogP contribution in [0.4, 0.5) is 5.95 Å². The molecule has 1 aliphatic carbocycles. The minimum absolute atomic E-state index is 0.239. The molecule has 3 N–H and O–H groups in total. The van der Waals surface area contributed by atoms with Gasteiger partial charge in [-0.3, -0.25) is 0 Å². The van der Waals surface area contributed by atoms with E-state index in [4.69, 9.17) is 5.73 Å². The van der Waals surface area contributed by atoms with E-state index in [-0.39, 0.29) is 5.95 Å². The summed E-state index contributed by atoms with van der Waals surface area (Å²) >= 11 is 0. The molecule has 0 unspecified atom stereocenters. The van der Waals surface area contributed by atoms with Crippen LogP contribution in [-0.2, 0) is 0 Å². The third kappa shape index (κ3) is 3.19. The van der Waals surface area contributed by atoms with Crippen LogP contribution in [0.3, 0.4) is 0 Å². The van der Waals surface area contributed by atoms with Crippen molar-refractivity contribution in [2.24, 2.45) is 0 Å². The van der Waals surface area contributed by atoms with Crippen molar-refractivity contribution < 1.29 is 5.11 Å². The first-order chi connectivity index (χ1) is 11.9. The highest BCUT2D eigenvalue weighted by atomic mass is 16.3. The van der Waals surface area contributed by atoms with Crippen molar-refractivity contribution in [3.05, 3.63) is 42.0 Å². The lowest BCUT2D eigenvalue weighted by molar-refractivity contribution is 0.143. The average molecular weight is 333 g/mol. The maximum atomic E-state index is 9.80. The number of nitrogens with two attached hydrogens (primary N) is 1. The monoisotopic (exact) mass is 333 g/mol. The van der Waals surface area contributed by atoms with Crippen LogP contribution in [0.1, 0.15) is 43.9 Å². The van der Waals surface area contributed by atoms with Crippen molar-refractivity contribution in [1.29, 1.82) is 0 Å². The number of aromatic nitrogens is 4. The maximum absolute atomic E-state index is 9.80. The predicted octanol–water partition coefficient (Wildman–Crippen LogP) is 2.40. The smallest absolute Gasteiger partial charge is 0.221 e. The Morgan fingerprint density at radius 2 is 2.12 bits per heavy atom. The van der Waals surface area contributed by atoms with Crippen molar-refractivity contribution in [3.63, 3.8) is 0 Å². The zero-order valence-corrected chi connectivity index (χ0v) is 14.2. The van der Waals surface area contributed by atoms with Gasteiger partial charge in [-0.05, 0) is 56.2 Å². The van der Waals surface area contributed by atoms with Crippen molar-refractivity contribution in [2.75, 3.05) is 5.73 Å². The second-order valence-corrected chi connectivity index (χ2v) is 6.90. The minimum Gasteiger partial charge on any atom is -0.378 e. The maximum Gasteiger partial charge on any atom is 0.221 e. The second kappa shape index (κ2) is 5.57. The van der Waals surface area contributed by atoms with E-state index in [1.54, 1.807) is 20.0 Å². The van der Waals surface area contributed by atoms with E-state index in [9.17, 15) is 5.11 Å². The van der Waals surface area contributed by atoms with Crippen LogP contribution in [0.15, 0.2) is 30.7 Å². The molecule has 6 heteroatoms. The van der Waals surface area contributed by atoms with Gasteiger partial charge >= 0.3 is 0 Å². The molecule has 126 valence electrons. The third-order valence-electron chi connectivity index (χ3n) is 4.14. The summed E-state index contributed by atoms with van der Waals surface area (Å²) in [5, 5.41) is 10.9. The fourth-order valence-electron chi connectivity index (χ4n) is 2.84. The van der Waals surface area contributed by atoms with Gasteiger partial charge in [0.25, 0.3) is 0 Å². The van der Waals surface area contributed by atoms with Crippen molar-refractivity contribution in [2.45, 2.75) is 38.2 Å². The van der Waals surface area contributed by atoms with Gasteiger partial charge in [-0.25, -0.2) is 9.97 Å². The molecule has 3 heterocycles. The Hall–Kier alpha value is -2.91. The Morgan fingerprint density at radius 1 is 1.32 bits per heavy atom. The van der Waals surface area contributed by atoms with Gasteiger partial charge in [0.1, 0.15) is 17.1 Å². The molecule has 0 bridgehead atoms. The van der Waals surface area contributed by atoms with Crippen LogP contribution >= 0.6 is 0 Å². The summed E-state index contributed by atoms with van der Waals surface area (Å²) in [6.45, 7) is 3.30. The van der Waals surface area contributed by atoms with Crippen molar-refractivity contribution in [3.8, 4) is 17.7 Å². The summed E-state index contributed by atoms with van der Waals surface area (Å²) in [6, 6.07) is 3.76. The van der Waals surface area contributed by atoms with Crippen LogP contribution in [-0.4, -0.2) is 30.2 Å². The summed E-state index contributed by atoms with van der Waals surface area (Å²) in [7, 11) is 0. The lowest BCUT2D eigenvalue weighted by Gasteiger charge is -2.06. The Morgan fingerprint density at radius 3 is 2.80 bits per heavy atom. The molecule has 6 nitrogen and oxygen atoms in total. The SMILES string of the molecule is CC(C)(O)C#Cc1cc2c(cn1)c(C1CC1)cn2-c1ccnc(N)n1. The molecule has 0 saturated heterocycles. The predicted molar refractivity (Wildman–Crippen MR) is 96.2 cm³/mol. The molecular weight excluding hydrogens is 314 g/mol.